The Labute approximate surface area is 116 Å². The lowest BCUT2D eigenvalue weighted by Crippen LogP contribution is -2.21. The van der Waals surface area contributed by atoms with E-state index in [1.54, 1.807) is 31.2 Å². The van der Waals surface area contributed by atoms with Crippen LogP contribution < -0.4 is 0 Å². The lowest BCUT2D eigenvalue weighted by molar-refractivity contribution is -0.453. The van der Waals surface area contributed by atoms with E-state index in [0.717, 1.165) is 5.56 Å². The monoisotopic (exact) mass is 284 g/mol. The van der Waals surface area contributed by atoms with E-state index >= 15 is 0 Å². The van der Waals surface area contributed by atoms with Crippen molar-refractivity contribution in [3.63, 3.8) is 0 Å². The average molecular weight is 284 g/mol. The van der Waals surface area contributed by atoms with E-state index < -0.39 is 18.2 Å². The third-order valence-corrected chi connectivity index (χ3v) is 2.20. The molecular formula is C13H16O7. The van der Waals surface area contributed by atoms with Gasteiger partial charge in [-0.2, -0.15) is 0 Å². The van der Waals surface area contributed by atoms with Crippen molar-refractivity contribution in [3.05, 3.63) is 35.4 Å². The first-order valence-electron chi connectivity index (χ1n) is 5.84. The zero-order valence-electron chi connectivity index (χ0n) is 11.5. The fraction of sp³-hybridized carbons (Fsp3) is 0.385. The highest BCUT2D eigenvalue weighted by Gasteiger charge is 2.14. The smallest absolute Gasteiger partial charge is 0.427 e. The summed E-state index contributed by atoms with van der Waals surface area (Å²) in [5.41, 5.74) is 1.26. The Morgan fingerprint density at radius 3 is 2.40 bits per heavy atom. The minimum atomic E-state index is -1.13. The molecule has 7 nitrogen and oxygen atoms in total. The lowest BCUT2D eigenvalue weighted by atomic mass is 10.2. The minimum Gasteiger partial charge on any atom is -0.427 e. The summed E-state index contributed by atoms with van der Waals surface area (Å²) in [4.78, 5) is 30.9. The van der Waals surface area contributed by atoms with Gasteiger partial charge in [-0.05, 0) is 26.0 Å². The number of aryl methyl sites for hydroxylation is 1. The van der Waals surface area contributed by atoms with Gasteiger partial charge in [0.05, 0.1) is 17.2 Å². The van der Waals surface area contributed by atoms with E-state index in [9.17, 15) is 9.59 Å². The predicted octanol–water partition coefficient (Wildman–Crippen LogP) is 2.19. The SMILES string of the molecule is COCC(C)OC(=O)OOOC(=O)c1ccc(C)cc1. The normalized spacial score (nSPS) is 11.6. The largest absolute Gasteiger partial charge is 0.543 e. The quantitative estimate of drug-likeness (QED) is 0.450. The molecule has 1 unspecified atom stereocenters. The van der Waals surface area contributed by atoms with Crippen LogP contribution in [0.25, 0.3) is 0 Å². The third kappa shape index (κ3) is 5.68. The molecule has 0 aliphatic rings. The minimum absolute atomic E-state index is 0.207. The molecular weight excluding hydrogens is 268 g/mol. The molecule has 7 heteroatoms. The second-order valence-electron chi connectivity index (χ2n) is 4.02. The number of hydrogen-bond acceptors (Lipinski definition) is 7. The van der Waals surface area contributed by atoms with Crippen LogP contribution in [0.1, 0.15) is 22.8 Å². The van der Waals surface area contributed by atoms with Crippen molar-refractivity contribution in [2.75, 3.05) is 13.7 Å². The first-order valence-corrected chi connectivity index (χ1v) is 5.84. The number of hydrogen-bond donors (Lipinski definition) is 0. The highest BCUT2D eigenvalue weighted by Crippen LogP contribution is 2.05. The Bertz CT molecular complexity index is 441. The summed E-state index contributed by atoms with van der Waals surface area (Å²) in [5, 5.41) is 4.06. The van der Waals surface area contributed by atoms with Crippen molar-refractivity contribution < 1.29 is 33.9 Å². The first-order chi connectivity index (χ1) is 9.52. The van der Waals surface area contributed by atoms with Gasteiger partial charge >= 0.3 is 12.1 Å². The Hall–Kier alpha value is -2.12. The van der Waals surface area contributed by atoms with Gasteiger partial charge in [0.25, 0.3) is 0 Å². The highest BCUT2D eigenvalue weighted by atomic mass is 17.5. The Morgan fingerprint density at radius 2 is 1.80 bits per heavy atom. The summed E-state index contributed by atoms with van der Waals surface area (Å²) in [5.74, 6) is -0.789. The van der Waals surface area contributed by atoms with Crippen LogP contribution in [0.15, 0.2) is 24.3 Å². The second kappa shape index (κ2) is 8.13. The van der Waals surface area contributed by atoms with Gasteiger partial charge in [-0.15, -0.1) is 0 Å². The van der Waals surface area contributed by atoms with Crippen molar-refractivity contribution in [2.45, 2.75) is 20.0 Å². The number of ether oxygens (including phenoxy) is 2. The molecule has 1 aromatic carbocycles. The van der Waals surface area contributed by atoms with Crippen LogP contribution in [0.5, 0.6) is 0 Å². The molecule has 0 N–H and O–H groups in total. The lowest BCUT2D eigenvalue weighted by Gasteiger charge is -2.10. The molecule has 110 valence electrons. The molecule has 0 fully saturated rings. The van der Waals surface area contributed by atoms with Crippen LogP contribution in [0.4, 0.5) is 4.79 Å². The van der Waals surface area contributed by atoms with E-state index in [0.29, 0.717) is 0 Å². The third-order valence-electron chi connectivity index (χ3n) is 2.20. The fourth-order valence-corrected chi connectivity index (χ4v) is 1.27. The molecule has 0 bridgehead atoms. The van der Waals surface area contributed by atoms with Crippen LogP contribution in [0.3, 0.4) is 0 Å². The maximum absolute atomic E-state index is 11.5. The van der Waals surface area contributed by atoms with Crippen LogP contribution in [-0.4, -0.2) is 31.9 Å². The Morgan fingerprint density at radius 1 is 1.15 bits per heavy atom. The zero-order chi connectivity index (χ0) is 15.0. The molecule has 0 saturated heterocycles. The molecule has 1 aromatic rings. The number of benzene rings is 1. The standard InChI is InChI=1S/C13H16O7/c1-9-4-6-11(7-5-9)12(14)18-20-19-13(15)17-10(2)8-16-3/h4-7,10H,8H2,1-3H3. The summed E-state index contributed by atoms with van der Waals surface area (Å²) in [6, 6.07) is 6.58. The maximum Gasteiger partial charge on any atom is 0.543 e. The molecule has 20 heavy (non-hydrogen) atoms. The highest BCUT2D eigenvalue weighted by molar-refractivity contribution is 5.88. The topological polar surface area (TPSA) is 80.3 Å². The summed E-state index contributed by atoms with van der Waals surface area (Å²) in [6.07, 6.45) is -1.64. The zero-order valence-corrected chi connectivity index (χ0v) is 11.5. The first kappa shape index (κ1) is 15.9. The maximum atomic E-state index is 11.5. The number of methoxy groups -OCH3 is 1. The van der Waals surface area contributed by atoms with Gasteiger partial charge in [-0.3, -0.25) is 4.89 Å². The molecule has 0 spiro atoms. The molecule has 0 heterocycles. The fourth-order valence-electron chi connectivity index (χ4n) is 1.27. The summed E-state index contributed by atoms with van der Waals surface area (Å²) >= 11 is 0. The van der Waals surface area contributed by atoms with Crippen molar-refractivity contribution in [1.82, 2.24) is 0 Å². The van der Waals surface area contributed by atoms with Gasteiger partial charge in [-0.25, -0.2) is 14.5 Å². The van der Waals surface area contributed by atoms with Crippen LogP contribution >= 0.6 is 0 Å². The Balaban J connectivity index is 2.28. The number of rotatable bonds is 6. The van der Waals surface area contributed by atoms with Gasteiger partial charge < -0.3 is 9.47 Å². The molecule has 0 amide bonds. The van der Waals surface area contributed by atoms with Crippen molar-refractivity contribution in [2.24, 2.45) is 0 Å². The van der Waals surface area contributed by atoms with E-state index in [1.165, 1.54) is 7.11 Å². The summed E-state index contributed by atoms with van der Waals surface area (Å²) in [6.45, 7) is 3.69. The van der Waals surface area contributed by atoms with Gasteiger partial charge in [0.1, 0.15) is 6.10 Å². The van der Waals surface area contributed by atoms with Crippen LogP contribution in [0, 0.1) is 6.92 Å². The molecule has 1 atom stereocenters. The van der Waals surface area contributed by atoms with E-state index in [2.05, 4.69) is 14.8 Å². The van der Waals surface area contributed by atoms with Crippen LogP contribution in [-0.2, 0) is 24.3 Å². The van der Waals surface area contributed by atoms with Crippen molar-refractivity contribution in [3.8, 4) is 0 Å². The molecule has 0 radical (unpaired) electrons. The van der Waals surface area contributed by atoms with Gasteiger partial charge in [-0.1, -0.05) is 17.7 Å². The van der Waals surface area contributed by atoms with Gasteiger partial charge in [0, 0.05) is 7.11 Å². The van der Waals surface area contributed by atoms with Gasteiger partial charge in [0.2, 0.25) is 0 Å². The van der Waals surface area contributed by atoms with Crippen LogP contribution in [0.2, 0.25) is 0 Å². The number of carbonyl (C=O) groups is 2. The average Bonchev–Trinajstić information content (AvgIpc) is 2.39. The molecule has 0 aliphatic heterocycles. The summed E-state index contributed by atoms with van der Waals surface area (Å²) in [7, 11) is 1.46. The van der Waals surface area contributed by atoms with Gasteiger partial charge in [0.15, 0.2) is 0 Å². The number of carbonyl (C=O) groups excluding carboxylic acids is 2. The predicted molar refractivity (Wildman–Crippen MR) is 66.6 cm³/mol. The van der Waals surface area contributed by atoms with Crippen molar-refractivity contribution >= 4 is 12.1 Å². The second-order valence-corrected chi connectivity index (χ2v) is 4.02. The summed E-state index contributed by atoms with van der Waals surface area (Å²) < 4.78 is 9.45. The van der Waals surface area contributed by atoms with E-state index in [-0.39, 0.29) is 12.2 Å². The van der Waals surface area contributed by atoms with E-state index in [4.69, 9.17) is 9.47 Å². The Kier molecular flexibility index (Phi) is 6.48. The molecule has 0 aromatic heterocycles. The molecule has 0 saturated carbocycles. The van der Waals surface area contributed by atoms with E-state index in [1.807, 2.05) is 6.92 Å². The van der Waals surface area contributed by atoms with Crippen molar-refractivity contribution in [1.29, 1.82) is 0 Å². The molecule has 0 aliphatic carbocycles. The molecule has 1 rings (SSSR count).